The molecule has 0 bridgehead atoms. The van der Waals surface area contributed by atoms with Crippen molar-refractivity contribution in [3.05, 3.63) is 270 Å². The lowest BCUT2D eigenvalue weighted by molar-refractivity contribution is 0.488. The fourth-order valence-corrected chi connectivity index (χ4v) is 13.6. The van der Waals surface area contributed by atoms with Crippen LogP contribution in [0.4, 0.5) is 17.1 Å². The second-order valence-electron chi connectivity index (χ2n) is 20.6. The number of nitrogens with zero attached hydrogens (tertiary/aromatic N) is 1. The van der Waals surface area contributed by atoms with Crippen molar-refractivity contribution >= 4 is 39.0 Å². The Labute approximate surface area is 423 Å². The second kappa shape index (κ2) is 14.7. The highest BCUT2D eigenvalue weighted by molar-refractivity contribution is 6.13. The summed E-state index contributed by atoms with van der Waals surface area (Å²) in [6.45, 7) is 4.74. The van der Waals surface area contributed by atoms with Crippen molar-refractivity contribution in [1.29, 1.82) is 0 Å². The van der Waals surface area contributed by atoms with Gasteiger partial charge >= 0.3 is 0 Å². The van der Waals surface area contributed by atoms with Crippen LogP contribution in [-0.4, -0.2) is 0 Å². The van der Waals surface area contributed by atoms with Crippen LogP contribution in [0.15, 0.2) is 241 Å². The van der Waals surface area contributed by atoms with Gasteiger partial charge in [0, 0.05) is 49.9 Å². The van der Waals surface area contributed by atoms with Crippen LogP contribution in [0.25, 0.3) is 88.7 Å². The minimum absolute atomic E-state index is 0.195. The lowest BCUT2D eigenvalue weighted by atomic mass is 9.66. The van der Waals surface area contributed by atoms with Crippen molar-refractivity contribution in [2.24, 2.45) is 0 Å². The molecule has 3 aliphatic carbocycles. The van der Waals surface area contributed by atoms with Crippen LogP contribution in [0.1, 0.15) is 47.2 Å². The van der Waals surface area contributed by atoms with Gasteiger partial charge in [-0.1, -0.05) is 196 Å². The molecule has 1 unspecified atom stereocenters. The summed E-state index contributed by atoms with van der Waals surface area (Å²) >= 11 is 0. The summed E-state index contributed by atoms with van der Waals surface area (Å²) in [6, 6.07) is 87.5. The molecule has 16 rings (SSSR count). The number of benzene rings is 11. The number of hydrogen-bond acceptors (Lipinski definition) is 3. The van der Waals surface area contributed by atoms with Crippen LogP contribution in [-0.2, 0) is 10.8 Å². The van der Waals surface area contributed by atoms with Gasteiger partial charge < -0.3 is 14.1 Å². The Morgan fingerprint density at radius 1 is 0.315 bits per heavy atom. The van der Waals surface area contributed by atoms with E-state index in [1.807, 2.05) is 0 Å². The lowest BCUT2D eigenvalue weighted by Gasteiger charge is -2.36. The van der Waals surface area contributed by atoms with Gasteiger partial charge in [0.25, 0.3) is 0 Å². The van der Waals surface area contributed by atoms with Gasteiger partial charge in [-0.25, -0.2) is 0 Å². The zero-order valence-electron chi connectivity index (χ0n) is 40.3. The molecule has 0 N–H and O–H groups in total. The number of anilines is 3. The third-order valence-electron chi connectivity index (χ3n) is 16.7. The SMILES string of the molecule is CC1(C)c2ccccc2-c2ccc(N(c3ccc4c(c3)-c3ccccc3-c3ccccc3O4)c3ccc4c(c3)-c3ccccc3-c3ccccc3C43c4ccccc4-c4c3ccc3c4oc4ccccc43)cc21. The molecule has 1 spiro atoms. The van der Waals surface area contributed by atoms with Crippen molar-refractivity contribution in [3.8, 4) is 78.3 Å². The largest absolute Gasteiger partial charge is 0.456 e. The molecule has 0 saturated heterocycles. The Morgan fingerprint density at radius 2 is 0.795 bits per heavy atom. The van der Waals surface area contributed by atoms with Crippen LogP contribution < -0.4 is 9.64 Å². The van der Waals surface area contributed by atoms with E-state index in [4.69, 9.17) is 9.15 Å². The standard InChI is InChI=1S/C70H45NO2/c1-69(2)58-26-12-7-22-50(58)51-34-31-44(41-63(51)69)71(43-33-38-66-57(40-43)48-20-6-4-18-46(48)52-23-10-15-29-64(52)72-66)42-32-36-61-56(39-42)47-19-5-3-17-45(47)49-21-8-13-27-59(49)70(61)60-28-14-9-25-55(60)67-62(70)37-35-54-53-24-11-16-30-65(53)73-68(54)67/h3-41H,1-2H3. The minimum Gasteiger partial charge on any atom is -0.456 e. The van der Waals surface area contributed by atoms with E-state index in [-0.39, 0.29) is 5.41 Å². The number of hydrogen-bond donors (Lipinski definition) is 0. The summed E-state index contributed by atoms with van der Waals surface area (Å²) < 4.78 is 13.8. The first kappa shape index (κ1) is 40.5. The van der Waals surface area contributed by atoms with Crippen LogP contribution in [0.5, 0.6) is 11.5 Å². The summed E-state index contributed by atoms with van der Waals surface area (Å²) in [5.41, 5.74) is 26.1. The van der Waals surface area contributed by atoms with E-state index in [2.05, 4.69) is 255 Å². The predicted molar refractivity (Wildman–Crippen MR) is 299 cm³/mol. The van der Waals surface area contributed by atoms with E-state index < -0.39 is 5.41 Å². The fraction of sp³-hybridized carbons (Fsp3) is 0.0571. The van der Waals surface area contributed by atoms with E-state index in [0.717, 1.165) is 78.3 Å². The highest BCUT2D eigenvalue weighted by Gasteiger charge is 2.51. The van der Waals surface area contributed by atoms with Gasteiger partial charge in [0.15, 0.2) is 0 Å². The molecule has 1 atom stereocenters. The first-order chi connectivity index (χ1) is 36.0. The van der Waals surface area contributed by atoms with Gasteiger partial charge in [-0.15, -0.1) is 0 Å². The molecule has 11 aromatic carbocycles. The Hall–Kier alpha value is -9.18. The number of furan rings is 1. The zero-order chi connectivity index (χ0) is 48.2. The molecule has 342 valence electrons. The lowest BCUT2D eigenvalue weighted by Crippen LogP contribution is -2.29. The quantitative estimate of drug-likeness (QED) is 0.177. The van der Waals surface area contributed by atoms with Gasteiger partial charge in [-0.2, -0.15) is 0 Å². The van der Waals surface area contributed by atoms with E-state index >= 15 is 0 Å². The van der Waals surface area contributed by atoms with Crippen molar-refractivity contribution in [2.45, 2.75) is 24.7 Å². The summed E-state index contributed by atoms with van der Waals surface area (Å²) in [5, 5.41) is 2.27. The Balaban J connectivity index is 0.983. The van der Waals surface area contributed by atoms with Crippen molar-refractivity contribution in [3.63, 3.8) is 0 Å². The highest BCUT2D eigenvalue weighted by Crippen LogP contribution is 2.64. The van der Waals surface area contributed by atoms with Crippen molar-refractivity contribution in [2.75, 3.05) is 4.90 Å². The topological polar surface area (TPSA) is 25.6 Å². The third kappa shape index (κ3) is 5.38. The van der Waals surface area contributed by atoms with E-state index in [0.29, 0.717) is 0 Å². The fourth-order valence-electron chi connectivity index (χ4n) is 13.6. The normalized spacial score (nSPS) is 15.5. The van der Waals surface area contributed by atoms with Gasteiger partial charge in [0.05, 0.1) is 5.41 Å². The first-order valence-electron chi connectivity index (χ1n) is 25.4. The molecule has 1 aliphatic heterocycles. The summed E-state index contributed by atoms with van der Waals surface area (Å²) in [6.07, 6.45) is 0. The predicted octanol–water partition coefficient (Wildman–Crippen LogP) is 18.8. The molecule has 12 aromatic rings. The van der Waals surface area contributed by atoms with Crippen LogP contribution >= 0.6 is 0 Å². The van der Waals surface area contributed by atoms with Crippen molar-refractivity contribution in [1.82, 2.24) is 0 Å². The summed E-state index contributed by atoms with van der Waals surface area (Å²) in [5.74, 6) is 1.69. The molecule has 0 saturated carbocycles. The average Bonchev–Trinajstić information content (AvgIpc) is 3.99. The number of ether oxygens (including phenoxy) is 1. The number of para-hydroxylation sites is 2. The molecular weight excluding hydrogens is 887 g/mol. The molecule has 1 aromatic heterocycles. The molecule has 0 fully saturated rings. The van der Waals surface area contributed by atoms with Crippen LogP contribution in [0.2, 0.25) is 0 Å². The maximum Gasteiger partial charge on any atom is 0.143 e. The van der Waals surface area contributed by atoms with Crippen LogP contribution in [0, 0.1) is 0 Å². The summed E-state index contributed by atoms with van der Waals surface area (Å²) in [4.78, 5) is 2.47. The van der Waals surface area contributed by atoms with Gasteiger partial charge in [0.2, 0.25) is 0 Å². The number of fused-ring (bicyclic) bond motifs is 24. The molecule has 4 aliphatic rings. The molecular formula is C70H45NO2. The van der Waals surface area contributed by atoms with Gasteiger partial charge in [-0.05, 0) is 138 Å². The smallest absolute Gasteiger partial charge is 0.143 e. The van der Waals surface area contributed by atoms with E-state index in [1.165, 1.54) is 72.3 Å². The average molecular weight is 932 g/mol. The monoisotopic (exact) mass is 931 g/mol. The maximum absolute atomic E-state index is 6.94. The van der Waals surface area contributed by atoms with Crippen molar-refractivity contribution < 1.29 is 9.15 Å². The molecule has 2 heterocycles. The molecule has 73 heavy (non-hydrogen) atoms. The zero-order valence-corrected chi connectivity index (χ0v) is 40.3. The molecule has 0 amide bonds. The van der Waals surface area contributed by atoms with Gasteiger partial charge in [-0.3, -0.25) is 0 Å². The van der Waals surface area contributed by atoms with Crippen LogP contribution in [0.3, 0.4) is 0 Å². The molecule has 3 nitrogen and oxygen atoms in total. The van der Waals surface area contributed by atoms with E-state index in [1.54, 1.807) is 0 Å². The summed E-state index contributed by atoms with van der Waals surface area (Å²) in [7, 11) is 0. The minimum atomic E-state index is -0.684. The molecule has 3 heteroatoms. The Bertz CT molecular complexity index is 4360. The second-order valence-corrected chi connectivity index (χ2v) is 20.6. The number of rotatable bonds is 3. The maximum atomic E-state index is 6.94. The highest BCUT2D eigenvalue weighted by atomic mass is 16.5. The van der Waals surface area contributed by atoms with E-state index in [9.17, 15) is 0 Å². The Morgan fingerprint density at radius 3 is 1.56 bits per heavy atom. The van der Waals surface area contributed by atoms with Gasteiger partial charge in [0.1, 0.15) is 22.7 Å². The third-order valence-corrected chi connectivity index (χ3v) is 16.7. The Kier molecular flexibility index (Phi) is 8.16. The first-order valence-corrected chi connectivity index (χ1v) is 25.4. The molecule has 0 radical (unpaired) electrons.